The van der Waals surface area contributed by atoms with Crippen LogP contribution < -0.4 is 10.1 Å². The Labute approximate surface area is 185 Å². The summed E-state index contributed by atoms with van der Waals surface area (Å²) in [6.45, 7) is 2.76. The third kappa shape index (κ3) is 6.08. The van der Waals surface area contributed by atoms with E-state index in [0.717, 1.165) is 44.3 Å². The lowest BCUT2D eigenvalue weighted by atomic mass is 9.96. The van der Waals surface area contributed by atoms with E-state index in [0.29, 0.717) is 17.9 Å². The molecule has 0 saturated heterocycles. The third-order valence-electron chi connectivity index (χ3n) is 5.76. The molecular weight excluding hydrogens is 412 g/mol. The molecule has 6 nitrogen and oxygen atoms in total. The molecule has 2 aromatic carbocycles. The van der Waals surface area contributed by atoms with Crippen molar-refractivity contribution in [3.8, 4) is 5.75 Å². The van der Waals surface area contributed by atoms with Crippen LogP contribution in [0.5, 0.6) is 5.75 Å². The van der Waals surface area contributed by atoms with E-state index in [1.54, 1.807) is 55.6 Å². The number of nitrogens with one attached hydrogen (secondary N) is 1. The Morgan fingerprint density at radius 3 is 2.29 bits per heavy atom. The summed E-state index contributed by atoms with van der Waals surface area (Å²) in [6.07, 6.45) is 7.19. The normalized spacial score (nSPS) is 15.1. The average Bonchev–Trinajstić information content (AvgIpc) is 2.80. The number of carbonyl (C=O) groups excluding carboxylic acids is 1. The van der Waals surface area contributed by atoms with Crippen LogP contribution in [-0.4, -0.2) is 38.3 Å². The lowest BCUT2D eigenvalue weighted by Crippen LogP contribution is -2.38. The fourth-order valence-electron chi connectivity index (χ4n) is 3.76. The van der Waals surface area contributed by atoms with Crippen molar-refractivity contribution >= 4 is 21.6 Å². The van der Waals surface area contributed by atoms with Crippen LogP contribution in [0.4, 0.5) is 5.69 Å². The molecule has 1 fully saturated rings. The second kappa shape index (κ2) is 10.8. The number of hydrogen-bond acceptors (Lipinski definition) is 4. The molecule has 1 N–H and O–H groups in total. The molecule has 0 heterocycles. The molecule has 168 valence electrons. The predicted molar refractivity (Wildman–Crippen MR) is 123 cm³/mol. The first-order chi connectivity index (χ1) is 14.9. The van der Waals surface area contributed by atoms with Crippen molar-refractivity contribution < 1.29 is 17.9 Å². The summed E-state index contributed by atoms with van der Waals surface area (Å²) < 4.78 is 33.0. The van der Waals surface area contributed by atoms with E-state index >= 15 is 0 Å². The maximum Gasteiger partial charge on any atom is 0.255 e. The summed E-state index contributed by atoms with van der Waals surface area (Å²) in [5.74, 6) is 0.483. The standard InChI is InChI=1S/C24H32N2O4S/c1-3-4-18-30-22-14-10-19(11-15-22)24(27)25-20-12-16-23(17-13-20)31(28,29)26(2)21-8-6-5-7-9-21/h10-17,21H,3-9,18H2,1-2H3,(H,25,27). The SMILES string of the molecule is CCCCOc1ccc(C(=O)Nc2ccc(S(=O)(=O)N(C)C3CCCCC3)cc2)cc1. The van der Waals surface area contributed by atoms with Gasteiger partial charge in [-0.1, -0.05) is 32.6 Å². The Morgan fingerprint density at radius 2 is 1.68 bits per heavy atom. The van der Waals surface area contributed by atoms with Gasteiger partial charge in [-0.25, -0.2) is 8.42 Å². The van der Waals surface area contributed by atoms with Gasteiger partial charge >= 0.3 is 0 Å². The summed E-state index contributed by atoms with van der Waals surface area (Å²) in [4.78, 5) is 12.7. The summed E-state index contributed by atoms with van der Waals surface area (Å²) >= 11 is 0. The fraction of sp³-hybridized carbons (Fsp3) is 0.458. The molecular formula is C24H32N2O4S. The van der Waals surface area contributed by atoms with E-state index in [4.69, 9.17) is 4.74 Å². The van der Waals surface area contributed by atoms with Gasteiger partial charge in [0.15, 0.2) is 0 Å². The molecule has 1 amide bonds. The minimum absolute atomic E-state index is 0.0621. The third-order valence-corrected chi connectivity index (χ3v) is 7.69. The van der Waals surface area contributed by atoms with Gasteiger partial charge in [0.1, 0.15) is 5.75 Å². The van der Waals surface area contributed by atoms with Crippen LogP contribution in [0.2, 0.25) is 0 Å². The van der Waals surface area contributed by atoms with Gasteiger partial charge in [0.2, 0.25) is 10.0 Å². The van der Waals surface area contributed by atoms with Crippen LogP contribution in [0, 0.1) is 0 Å². The van der Waals surface area contributed by atoms with Crippen LogP contribution in [0.1, 0.15) is 62.2 Å². The van der Waals surface area contributed by atoms with E-state index < -0.39 is 10.0 Å². The Morgan fingerprint density at radius 1 is 1.03 bits per heavy atom. The molecule has 0 unspecified atom stereocenters. The van der Waals surface area contributed by atoms with Crippen LogP contribution in [0.25, 0.3) is 0 Å². The highest BCUT2D eigenvalue weighted by Gasteiger charge is 2.28. The first-order valence-corrected chi connectivity index (χ1v) is 12.5. The Balaban J connectivity index is 1.61. The quantitative estimate of drug-likeness (QED) is 0.548. The summed E-state index contributed by atoms with van der Waals surface area (Å²) in [5, 5.41) is 2.81. The molecule has 2 aromatic rings. The van der Waals surface area contributed by atoms with Crippen molar-refractivity contribution in [2.45, 2.75) is 62.8 Å². The highest BCUT2D eigenvalue weighted by Crippen LogP contribution is 2.27. The molecule has 1 saturated carbocycles. The molecule has 0 radical (unpaired) electrons. The van der Waals surface area contributed by atoms with Gasteiger partial charge in [-0.2, -0.15) is 4.31 Å². The average molecular weight is 445 g/mol. The summed E-state index contributed by atoms with van der Waals surface area (Å²) in [6, 6.07) is 13.4. The number of nitrogens with zero attached hydrogens (tertiary/aromatic N) is 1. The highest BCUT2D eigenvalue weighted by atomic mass is 32.2. The Hall–Kier alpha value is -2.38. The summed E-state index contributed by atoms with van der Waals surface area (Å²) in [7, 11) is -1.88. The zero-order valence-electron chi connectivity index (χ0n) is 18.3. The smallest absolute Gasteiger partial charge is 0.255 e. The van der Waals surface area contributed by atoms with Gasteiger partial charge in [0, 0.05) is 24.3 Å². The van der Waals surface area contributed by atoms with Crippen molar-refractivity contribution in [2.75, 3.05) is 19.0 Å². The van der Waals surface area contributed by atoms with Crippen molar-refractivity contribution in [3.63, 3.8) is 0 Å². The first-order valence-electron chi connectivity index (χ1n) is 11.0. The fourth-order valence-corrected chi connectivity index (χ4v) is 5.17. The van der Waals surface area contributed by atoms with E-state index in [9.17, 15) is 13.2 Å². The number of hydrogen-bond donors (Lipinski definition) is 1. The van der Waals surface area contributed by atoms with Gasteiger partial charge in [0.25, 0.3) is 5.91 Å². The largest absolute Gasteiger partial charge is 0.494 e. The van der Waals surface area contributed by atoms with Gasteiger partial charge in [0.05, 0.1) is 11.5 Å². The maximum atomic E-state index is 12.9. The number of anilines is 1. The van der Waals surface area contributed by atoms with Crippen molar-refractivity contribution in [1.82, 2.24) is 4.31 Å². The minimum atomic E-state index is -3.54. The molecule has 0 spiro atoms. The van der Waals surface area contributed by atoms with Gasteiger partial charge in [-0.15, -0.1) is 0 Å². The zero-order chi connectivity index (χ0) is 22.3. The van der Waals surface area contributed by atoms with Crippen molar-refractivity contribution in [1.29, 1.82) is 0 Å². The van der Waals surface area contributed by atoms with Crippen LogP contribution in [-0.2, 0) is 10.0 Å². The number of benzene rings is 2. The molecule has 0 aliphatic heterocycles. The molecule has 0 atom stereocenters. The number of amides is 1. The van der Waals surface area contributed by atoms with Crippen LogP contribution in [0.15, 0.2) is 53.4 Å². The Kier molecular flexibility index (Phi) is 8.09. The number of unbranched alkanes of at least 4 members (excludes halogenated alkanes) is 1. The summed E-state index contributed by atoms with van der Waals surface area (Å²) in [5.41, 5.74) is 1.06. The van der Waals surface area contributed by atoms with Crippen LogP contribution in [0.3, 0.4) is 0 Å². The van der Waals surface area contributed by atoms with E-state index in [2.05, 4.69) is 12.2 Å². The highest BCUT2D eigenvalue weighted by molar-refractivity contribution is 7.89. The molecule has 1 aliphatic carbocycles. The van der Waals surface area contributed by atoms with Crippen molar-refractivity contribution in [3.05, 3.63) is 54.1 Å². The van der Waals surface area contributed by atoms with Gasteiger partial charge < -0.3 is 10.1 Å². The van der Waals surface area contributed by atoms with Crippen LogP contribution >= 0.6 is 0 Å². The second-order valence-electron chi connectivity index (χ2n) is 8.02. The molecule has 1 aliphatic rings. The predicted octanol–water partition coefficient (Wildman–Crippen LogP) is 5.07. The monoisotopic (exact) mass is 444 g/mol. The topological polar surface area (TPSA) is 75.7 Å². The van der Waals surface area contributed by atoms with E-state index in [1.807, 2.05) is 0 Å². The molecule has 3 rings (SSSR count). The zero-order valence-corrected chi connectivity index (χ0v) is 19.2. The first kappa shape index (κ1) is 23.3. The lowest BCUT2D eigenvalue weighted by molar-refractivity contribution is 0.102. The minimum Gasteiger partial charge on any atom is -0.494 e. The van der Waals surface area contributed by atoms with E-state index in [1.165, 1.54) is 10.7 Å². The molecule has 0 bridgehead atoms. The number of sulfonamides is 1. The molecule has 0 aromatic heterocycles. The van der Waals surface area contributed by atoms with Crippen molar-refractivity contribution in [2.24, 2.45) is 0 Å². The lowest BCUT2D eigenvalue weighted by Gasteiger charge is -2.30. The number of rotatable bonds is 9. The molecule has 7 heteroatoms. The Bertz CT molecular complexity index is 950. The number of carbonyl (C=O) groups is 1. The van der Waals surface area contributed by atoms with E-state index in [-0.39, 0.29) is 16.8 Å². The second-order valence-corrected chi connectivity index (χ2v) is 10.0. The number of ether oxygens (including phenoxy) is 1. The maximum absolute atomic E-state index is 12.9. The van der Waals surface area contributed by atoms with Gasteiger partial charge in [-0.3, -0.25) is 4.79 Å². The van der Waals surface area contributed by atoms with Gasteiger partial charge in [-0.05, 0) is 67.8 Å². The molecule has 31 heavy (non-hydrogen) atoms.